The Balaban J connectivity index is 3.95. The van der Waals surface area contributed by atoms with Gasteiger partial charge >= 0.3 is 5.97 Å². The van der Waals surface area contributed by atoms with Crippen LogP contribution in [0.1, 0.15) is 96.8 Å². The Bertz CT molecular complexity index is 624. The maximum absolute atomic E-state index is 12.2. The highest BCUT2D eigenvalue weighted by molar-refractivity contribution is 6.03. The van der Waals surface area contributed by atoms with Crippen molar-refractivity contribution in [2.45, 2.75) is 115 Å². The van der Waals surface area contributed by atoms with Crippen molar-refractivity contribution < 1.29 is 19.5 Å². The third kappa shape index (κ3) is 14.9. The molecule has 0 aliphatic carbocycles. The average Bonchev–Trinajstić information content (AvgIpc) is 2.73. The van der Waals surface area contributed by atoms with E-state index in [9.17, 15) is 14.4 Å². The van der Waals surface area contributed by atoms with Crippen molar-refractivity contribution in [2.24, 2.45) is 17.2 Å². The van der Waals surface area contributed by atoms with Crippen LogP contribution in [-0.4, -0.2) is 52.2 Å². The van der Waals surface area contributed by atoms with Crippen molar-refractivity contribution in [3.63, 3.8) is 0 Å². The summed E-state index contributed by atoms with van der Waals surface area (Å²) in [6.07, 6.45) is 8.13. The zero-order valence-corrected chi connectivity index (χ0v) is 19.5. The van der Waals surface area contributed by atoms with Crippen LogP contribution in [0, 0.1) is 10.8 Å². The fraction of sp³-hybridized carbons (Fsp3) is 0.783. The molecule has 0 fully saturated rings. The summed E-state index contributed by atoms with van der Waals surface area (Å²) >= 11 is 0. The Morgan fingerprint density at radius 3 is 1.44 bits per heavy atom. The maximum Gasteiger partial charge on any atom is 0.320 e. The van der Waals surface area contributed by atoms with E-state index in [1.807, 2.05) is 0 Å². The van der Waals surface area contributed by atoms with Gasteiger partial charge in [-0.15, -0.1) is 0 Å². The van der Waals surface area contributed by atoms with Gasteiger partial charge in [0.25, 0.3) is 0 Å². The Labute approximate surface area is 191 Å². The molecule has 3 atom stereocenters. The van der Waals surface area contributed by atoms with Crippen LogP contribution in [0.15, 0.2) is 0 Å². The molecule has 3 unspecified atom stereocenters. The number of nitrogens with two attached hydrogens (primary N) is 3. The van der Waals surface area contributed by atoms with Gasteiger partial charge in [-0.3, -0.25) is 14.4 Å². The van der Waals surface area contributed by atoms with E-state index in [1.165, 1.54) is 0 Å². The summed E-state index contributed by atoms with van der Waals surface area (Å²) in [5.74, 6) is -1.30. The molecular formula is C23H43N5O4. The zero-order valence-electron chi connectivity index (χ0n) is 19.5. The number of hydrogen-bond acceptors (Lipinski definition) is 8. The first-order valence-electron chi connectivity index (χ1n) is 11.8. The number of carboxylic acids is 1. The number of carboxylic acid groups (broad SMARTS) is 1. The Morgan fingerprint density at radius 2 is 1.06 bits per heavy atom. The molecule has 9 nitrogen and oxygen atoms in total. The van der Waals surface area contributed by atoms with Gasteiger partial charge in [0.05, 0.1) is 12.1 Å². The fourth-order valence-corrected chi connectivity index (χ4v) is 3.32. The number of Topliss-reactive ketones (excluding diaryl/α,β-unsaturated/α-hetero) is 2. The fourth-order valence-electron chi connectivity index (χ4n) is 3.32. The minimum atomic E-state index is -1.03. The molecule has 0 saturated carbocycles. The molecule has 0 aromatic heterocycles. The molecule has 32 heavy (non-hydrogen) atoms. The van der Waals surface area contributed by atoms with Crippen LogP contribution in [0.25, 0.3) is 0 Å². The lowest BCUT2D eigenvalue weighted by Crippen LogP contribution is -2.32. The van der Waals surface area contributed by atoms with Crippen molar-refractivity contribution in [3.05, 3.63) is 0 Å². The average molecular weight is 454 g/mol. The van der Waals surface area contributed by atoms with Crippen LogP contribution >= 0.6 is 0 Å². The normalized spacial score (nSPS) is 13.9. The second-order valence-corrected chi connectivity index (χ2v) is 8.64. The highest BCUT2D eigenvalue weighted by Gasteiger charge is 2.17. The first-order chi connectivity index (χ1) is 15.1. The monoisotopic (exact) mass is 453 g/mol. The standard InChI is InChI=1S/C23H43N5O4/c1-2-3-4-11-18(26)21(29)14-16(24)9-5-7-12-19(27)22(30)15-17(25)10-6-8-13-20(28)23(31)32/h18-20,24-25H,2-15,26-28H2,1H3,(H,31,32). The number of carbonyl (C=O) groups is 3. The maximum atomic E-state index is 12.2. The first kappa shape index (κ1) is 30.0. The molecule has 0 aliphatic heterocycles. The van der Waals surface area contributed by atoms with Crippen LogP contribution in [0.5, 0.6) is 0 Å². The number of ketones is 2. The van der Waals surface area contributed by atoms with Gasteiger partial charge in [0, 0.05) is 24.3 Å². The molecule has 0 radical (unpaired) electrons. The van der Waals surface area contributed by atoms with Crippen LogP contribution in [0.3, 0.4) is 0 Å². The van der Waals surface area contributed by atoms with E-state index < -0.39 is 24.1 Å². The van der Waals surface area contributed by atoms with Crippen LogP contribution in [0.4, 0.5) is 0 Å². The number of nitrogens with one attached hydrogen (secondary N) is 2. The van der Waals surface area contributed by atoms with Gasteiger partial charge in [0.1, 0.15) is 6.04 Å². The number of aliphatic carboxylic acids is 1. The van der Waals surface area contributed by atoms with Crippen molar-refractivity contribution in [3.8, 4) is 0 Å². The van der Waals surface area contributed by atoms with Crippen molar-refractivity contribution >= 4 is 29.0 Å². The second-order valence-electron chi connectivity index (χ2n) is 8.64. The number of carbonyl (C=O) groups excluding carboxylic acids is 2. The molecule has 184 valence electrons. The molecular weight excluding hydrogens is 410 g/mol. The predicted octanol–water partition coefficient (Wildman–Crippen LogP) is 2.71. The lowest BCUT2D eigenvalue weighted by molar-refractivity contribution is -0.138. The van der Waals surface area contributed by atoms with E-state index in [0.717, 1.165) is 19.3 Å². The van der Waals surface area contributed by atoms with E-state index in [4.69, 9.17) is 33.1 Å². The van der Waals surface area contributed by atoms with Gasteiger partial charge in [0.15, 0.2) is 11.6 Å². The Kier molecular flexibility index (Phi) is 16.5. The number of unbranched alkanes of at least 4 members (excludes halogenated alkanes) is 4. The summed E-state index contributed by atoms with van der Waals surface area (Å²) in [4.78, 5) is 34.9. The molecule has 9 N–H and O–H groups in total. The quantitative estimate of drug-likeness (QED) is 0.113. The molecule has 0 aromatic rings. The van der Waals surface area contributed by atoms with E-state index in [1.54, 1.807) is 0 Å². The topological polar surface area (TPSA) is 197 Å². The molecule has 0 spiro atoms. The molecule has 0 bridgehead atoms. The molecule has 0 aromatic carbocycles. The lowest BCUT2D eigenvalue weighted by Gasteiger charge is -2.12. The summed E-state index contributed by atoms with van der Waals surface area (Å²) in [6, 6.07) is -2.02. The summed E-state index contributed by atoms with van der Waals surface area (Å²) in [5, 5.41) is 24.6. The Morgan fingerprint density at radius 1 is 0.688 bits per heavy atom. The first-order valence-corrected chi connectivity index (χ1v) is 11.8. The summed E-state index contributed by atoms with van der Waals surface area (Å²) < 4.78 is 0. The van der Waals surface area contributed by atoms with Crippen molar-refractivity contribution in [1.29, 1.82) is 10.8 Å². The SMILES string of the molecule is CCCCCC(N)C(=O)CC(=N)CCCCC(N)C(=O)CC(=N)CCCCC(N)C(=O)O. The van der Waals surface area contributed by atoms with E-state index in [-0.39, 0.29) is 24.4 Å². The highest BCUT2D eigenvalue weighted by atomic mass is 16.4. The van der Waals surface area contributed by atoms with Crippen LogP contribution in [0.2, 0.25) is 0 Å². The van der Waals surface area contributed by atoms with E-state index in [2.05, 4.69) is 6.92 Å². The lowest BCUT2D eigenvalue weighted by atomic mass is 9.97. The molecule has 0 saturated heterocycles. The van der Waals surface area contributed by atoms with E-state index >= 15 is 0 Å². The van der Waals surface area contributed by atoms with Gasteiger partial charge in [0.2, 0.25) is 0 Å². The minimum absolute atomic E-state index is 0.00634. The Hall–Kier alpha value is -1.97. The van der Waals surface area contributed by atoms with Crippen molar-refractivity contribution in [2.75, 3.05) is 0 Å². The number of hydrogen-bond donors (Lipinski definition) is 6. The van der Waals surface area contributed by atoms with Gasteiger partial charge in [-0.25, -0.2) is 0 Å². The van der Waals surface area contributed by atoms with Gasteiger partial charge < -0.3 is 33.1 Å². The minimum Gasteiger partial charge on any atom is -0.480 e. The van der Waals surface area contributed by atoms with Gasteiger partial charge in [-0.1, -0.05) is 39.0 Å². The zero-order chi connectivity index (χ0) is 24.5. The largest absolute Gasteiger partial charge is 0.480 e. The van der Waals surface area contributed by atoms with Crippen LogP contribution in [-0.2, 0) is 14.4 Å². The van der Waals surface area contributed by atoms with Crippen LogP contribution < -0.4 is 17.2 Å². The van der Waals surface area contributed by atoms with E-state index in [0.29, 0.717) is 69.2 Å². The molecule has 0 aliphatic rings. The van der Waals surface area contributed by atoms with Gasteiger partial charge in [-0.05, 0) is 44.9 Å². The van der Waals surface area contributed by atoms with Gasteiger partial charge in [-0.2, -0.15) is 0 Å². The summed E-state index contributed by atoms with van der Waals surface area (Å²) in [7, 11) is 0. The van der Waals surface area contributed by atoms with Crippen molar-refractivity contribution in [1.82, 2.24) is 0 Å². The predicted molar refractivity (Wildman–Crippen MR) is 127 cm³/mol. The third-order valence-corrected chi connectivity index (χ3v) is 5.53. The molecule has 0 amide bonds. The third-order valence-electron chi connectivity index (χ3n) is 5.53. The second kappa shape index (κ2) is 17.6. The smallest absolute Gasteiger partial charge is 0.320 e. The summed E-state index contributed by atoms with van der Waals surface area (Å²) in [6.45, 7) is 2.09. The summed E-state index contributed by atoms with van der Waals surface area (Å²) in [5.41, 5.74) is 17.9. The molecule has 9 heteroatoms. The molecule has 0 rings (SSSR count). The number of rotatable bonds is 21. The molecule has 0 heterocycles. The highest BCUT2D eigenvalue weighted by Crippen LogP contribution is 2.11.